The molecular weight excluding hydrogens is 300 g/mol. The fourth-order valence-corrected chi connectivity index (χ4v) is 2.43. The van der Waals surface area contributed by atoms with Crippen LogP contribution in [0.2, 0.25) is 0 Å². The van der Waals surface area contributed by atoms with E-state index in [4.69, 9.17) is 10.5 Å². The molecule has 0 fully saturated rings. The molecular formula is C19H12N4O. The maximum absolute atomic E-state index is 12.6. The Morgan fingerprint density at radius 1 is 0.958 bits per heavy atom. The molecule has 3 rings (SSSR count). The van der Waals surface area contributed by atoms with E-state index in [-0.39, 0.29) is 11.1 Å². The largest absolute Gasteiger partial charge is 0.301 e. The summed E-state index contributed by atoms with van der Waals surface area (Å²) in [5.74, 6) is 0. The van der Waals surface area contributed by atoms with Crippen LogP contribution in [0.5, 0.6) is 0 Å². The van der Waals surface area contributed by atoms with E-state index in [9.17, 15) is 4.79 Å². The van der Waals surface area contributed by atoms with Crippen LogP contribution in [0.25, 0.3) is 11.4 Å². The minimum absolute atomic E-state index is 0.0864. The van der Waals surface area contributed by atoms with Crippen molar-refractivity contribution < 1.29 is 0 Å². The highest BCUT2D eigenvalue weighted by Crippen LogP contribution is 2.17. The Labute approximate surface area is 138 Å². The van der Waals surface area contributed by atoms with Crippen molar-refractivity contribution in [3.63, 3.8) is 0 Å². The highest BCUT2D eigenvalue weighted by molar-refractivity contribution is 5.55. The molecule has 0 spiro atoms. The van der Waals surface area contributed by atoms with Gasteiger partial charge < -0.3 is 4.57 Å². The summed E-state index contributed by atoms with van der Waals surface area (Å²) in [4.78, 5) is 16.9. The summed E-state index contributed by atoms with van der Waals surface area (Å²) in [5, 5.41) is 18.0. The third-order valence-electron chi connectivity index (χ3n) is 3.65. The van der Waals surface area contributed by atoms with Crippen molar-refractivity contribution in [2.24, 2.45) is 0 Å². The van der Waals surface area contributed by atoms with E-state index >= 15 is 0 Å². The number of hydrogen-bond acceptors (Lipinski definition) is 4. The second-order valence-electron chi connectivity index (χ2n) is 5.16. The van der Waals surface area contributed by atoms with E-state index in [1.807, 2.05) is 18.2 Å². The van der Waals surface area contributed by atoms with Gasteiger partial charge >= 0.3 is 0 Å². The predicted octanol–water partition coefficient (Wildman–Crippen LogP) is 2.70. The topological polar surface area (TPSA) is 82.5 Å². The molecule has 114 valence electrons. The van der Waals surface area contributed by atoms with Gasteiger partial charge in [-0.15, -0.1) is 0 Å². The van der Waals surface area contributed by atoms with Crippen LogP contribution in [-0.2, 0) is 6.54 Å². The van der Waals surface area contributed by atoms with Gasteiger partial charge in [0.15, 0.2) is 0 Å². The fraction of sp³-hybridized carbons (Fsp3) is 0.0526. The Morgan fingerprint density at radius 2 is 1.75 bits per heavy atom. The Morgan fingerprint density at radius 3 is 2.38 bits per heavy atom. The molecule has 0 saturated carbocycles. The molecule has 0 aliphatic carbocycles. The van der Waals surface area contributed by atoms with Crippen LogP contribution in [0.3, 0.4) is 0 Å². The zero-order valence-corrected chi connectivity index (χ0v) is 12.7. The fourth-order valence-electron chi connectivity index (χ4n) is 2.43. The van der Waals surface area contributed by atoms with E-state index in [1.165, 1.54) is 10.6 Å². The summed E-state index contributed by atoms with van der Waals surface area (Å²) in [6.45, 7) is 0.298. The Balaban J connectivity index is 2.12. The van der Waals surface area contributed by atoms with Crippen molar-refractivity contribution in [3.05, 3.63) is 87.8 Å². The van der Waals surface area contributed by atoms with E-state index in [0.29, 0.717) is 23.5 Å². The molecule has 0 amide bonds. The molecule has 24 heavy (non-hydrogen) atoms. The summed E-state index contributed by atoms with van der Waals surface area (Å²) < 4.78 is 1.53. The van der Waals surface area contributed by atoms with Gasteiger partial charge in [0.2, 0.25) is 0 Å². The first-order valence-electron chi connectivity index (χ1n) is 7.27. The van der Waals surface area contributed by atoms with Gasteiger partial charge in [-0.2, -0.15) is 10.5 Å². The number of aromatic nitrogens is 2. The predicted molar refractivity (Wildman–Crippen MR) is 88.9 cm³/mol. The number of hydrogen-bond donors (Lipinski definition) is 0. The Hall–Kier alpha value is -3.70. The molecule has 0 radical (unpaired) electrons. The second-order valence-corrected chi connectivity index (χ2v) is 5.16. The van der Waals surface area contributed by atoms with Crippen LogP contribution in [-0.4, -0.2) is 9.55 Å². The number of benzene rings is 1. The first-order valence-corrected chi connectivity index (χ1v) is 7.27. The normalized spacial score (nSPS) is 9.92. The summed E-state index contributed by atoms with van der Waals surface area (Å²) in [6.07, 6.45) is 1.66. The lowest BCUT2D eigenvalue weighted by Crippen LogP contribution is -2.24. The van der Waals surface area contributed by atoms with Crippen LogP contribution in [0, 0.1) is 22.7 Å². The maximum Gasteiger partial charge on any atom is 0.269 e. The molecule has 2 aromatic heterocycles. The van der Waals surface area contributed by atoms with E-state index in [0.717, 1.165) is 5.56 Å². The average molecular weight is 312 g/mol. The number of nitriles is 2. The van der Waals surface area contributed by atoms with Crippen molar-refractivity contribution in [2.45, 2.75) is 6.54 Å². The monoisotopic (exact) mass is 312 g/mol. The van der Waals surface area contributed by atoms with Gasteiger partial charge in [-0.1, -0.05) is 18.2 Å². The number of nitrogens with zero attached hydrogens (tertiary/aromatic N) is 4. The minimum Gasteiger partial charge on any atom is -0.301 e. The Bertz CT molecular complexity index is 1010. The molecule has 0 N–H and O–H groups in total. The number of rotatable bonds is 3. The standard InChI is InChI=1S/C19H12N4O/c20-11-14-4-6-15(7-5-14)13-23-18(17-3-1-2-10-22-17)9-8-16(12-21)19(23)24/h1-10H,13H2. The van der Waals surface area contributed by atoms with Crippen LogP contribution in [0.15, 0.2) is 65.6 Å². The van der Waals surface area contributed by atoms with Gasteiger partial charge in [0.25, 0.3) is 5.56 Å². The SMILES string of the molecule is N#Cc1ccc(Cn2c(-c3ccccn3)ccc(C#N)c2=O)cc1. The van der Waals surface area contributed by atoms with Crippen molar-refractivity contribution in [3.8, 4) is 23.5 Å². The average Bonchev–Trinajstić information content (AvgIpc) is 2.64. The minimum atomic E-state index is -0.356. The van der Waals surface area contributed by atoms with Crippen LogP contribution in [0.1, 0.15) is 16.7 Å². The molecule has 0 atom stereocenters. The lowest BCUT2D eigenvalue weighted by molar-refractivity contribution is 0.763. The van der Waals surface area contributed by atoms with Crippen LogP contribution in [0.4, 0.5) is 0 Å². The zero-order chi connectivity index (χ0) is 16.9. The third kappa shape index (κ3) is 2.92. The second kappa shape index (κ2) is 6.60. The molecule has 5 heteroatoms. The smallest absolute Gasteiger partial charge is 0.269 e. The summed E-state index contributed by atoms with van der Waals surface area (Å²) in [7, 11) is 0. The van der Waals surface area contributed by atoms with Crippen molar-refractivity contribution in [1.82, 2.24) is 9.55 Å². The van der Waals surface area contributed by atoms with Crippen molar-refractivity contribution >= 4 is 0 Å². The summed E-state index contributed by atoms with van der Waals surface area (Å²) in [6, 6.07) is 19.7. The highest BCUT2D eigenvalue weighted by Gasteiger charge is 2.11. The number of pyridine rings is 2. The Kier molecular flexibility index (Phi) is 4.18. The van der Waals surface area contributed by atoms with Crippen LogP contribution < -0.4 is 5.56 Å². The van der Waals surface area contributed by atoms with Crippen LogP contribution >= 0.6 is 0 Å². The molecule has 0 aliphatic rings. The van der Waals surface area contributed by atoms with Crippen molar-refractivity contribution in [1.29, 1.82) is 10.5 Å². The van der Waals surface area contributed by atoms with Gasteiger partial charge in [-0.25, -0.2) is 0 Å². The van der Waals surface area contributed by atoms with E-state index in [1.54, 1.807) is 42.6 Å². The first kappa shape index (κ1) is 15.2. The molecule has 3 aromatic rings. The van der Waals surface area contributed by atoms with Crippen molar-refractivity contribution in [2.75, 3.05) is 0 Å². The van der Waals surface area contributed by atoms with E-state index < -0.39 is 0 Å². The molecule has 2 heterocycles. The van der Waals surface area contributed by atoms with Gasteiger partial charge in [0, 0.05) is 6.20 Å². The lowest BCUT2D eigenvalue weighted by Gasteiger charge is -2.13. The summed E-state index contributed by atoms with van der Waals surface area (Å²) in [5.41, 5.74) is 2.45. The molecule has 0 unspecified atom stereocenters. The van der Waals surface area contributed by atoms with Gasteiger partial charge in [-0.3, -0.25) is 9.78 Å². The molecule has 0 saturated heterocycles. The van der Waals surface area contributed by atoms with Gasteiger partial charge in [0.05, 0.1) is 29.6 Å². The molecule has 0 bridgehead atoms. The first-order chi connectivity index (χ1) is 11.7. The lowest BCUT2D eigenvalue weighted by atomic mass is 10.1. The molecule has 5 nitrogen and oxygen atoms in total. The zero-order valence-electron chi connectivity index (χ0n) is 12.7. The highest BCUT2D eigenvalue weighted by atomic mass is 16.1. The molecule has 0 aliphatic heterocycles. The quantitative estimate of drug-likeness (QED) is 0.744. The molecule has 1 aromatic carbocycles. The third-order valence-corrected chi connectivity index (χ3v) is 3.65. The van der Waals surface area contributed by atoms with Gasteiger partial charge in [-0.05, 0) is 42.0 Å². The summed E-state index contributed by atoms with van der Waals surface area (Å²) >= 11 is 0. The maximum atomic E-state index is 12.6. The van der Waals surface area contributed by atoms with E-state index in [2.05, 4.69) is 11.1 Å². The van der Waals surface area contributed by atoms with Gasteiger partial charge in [0.1, 0.15) is 11.6 Å².